The van der Waals surface area contributed by atoms with Gasteiger partial charge in [-0.1, -0.05) is 0 Å². The highest BCUT2D eigenvalue weighted by Crippen LogP contribution is 2.16. The van der Waals surface area contributed by atoms with Gasteiger partial charge in [0.15, 0.2) is 0 Å². The van der Waals surface area contributed by atoms with Crippen molar-refractivity contribution in [2.24, 2.45) is 0 Å². The van der Waals surface area contributed by atoms with E-state index in [1.54, 1.807) is 18.6 Å². The average molecular weight is 244 g/mol. The van der Waals surface area contributed by atoms with Gasteiger partial charge in [0.05, 0.1) is 0 Å². The molecule has 1 N–H and O–H groups in total. The number of pyridine rings is 1. The van der Waals surface area contributed by atoms with Crippen LogP contribution >= 0.6 is 0 Å². The van der Waals surface area contributed by atoms with Crippen LogP contribution in [0.3, 0.4) is 0 Å². The molecule has 0 radical (unpaired) electrons. The van der Waals surface area contributed by atoms with Gasteiger partial charge in [-0.2, -0.15) is 0 Å². The maximum absolute atomic E-state index is 11.2. The third-order valence-electron chi connectivity index (χ3n) is 2.79. The molecule has 0 aliphatic heterocycles. The molecule has 2 aromatic rings. The normalized spacial score (nSPS) is 10.3. The summed E-state index contributed by atoms with van der Waals surface area (Å²) in [4.78, 5) is 24.5. The maximum Gasteiger partial charge on any atom is 0.248 e. The number of hydrogen-bond acceptors (Lipinski definition) is 4. The predicted molar refractivity (Wildman–Crippen MR) is 71.6 cm³/mol. The molecule has 0 spiro atoms. The molecule has 5 heteroatoms. The van der Waals surface area contributed by atoms with Gasteiger partial charge in [0.25, 0.3) is 0 Å². The first-order valence-electron chi connectivity index (χ1n) is 6.00. The average Bonchev–Trinajstić information content (AvgIpc) is 2.41. The van der Waals surface area contributed by atoms with Crippen molar-refractivity contribution in [3.05, 3.63) is 41.1 Å². The van der Waals surface area contributed by atoms with E-state index in [0.717, 1.165) is 24.2 Å². The molecule has 0 fully saturated rings. The van der Waals surface area contributed by atoms with Crippen molar-refractivity contribution in [1.82, 2.24) is 15.0 Å². The molecule has 0 unspecified atom stereocenters. The zero-order chi connectivity index (χ0) is 13.0. The van der Waals surface area contributed by atoms with E-state index in [2.05, 4.69) is 33.7 Å². The Labute approximate surface area is 106 Å². The van der Waals surface area contributed by atoms with Crippen molar-refractivity contribution in [3.8, 4) is 11.1 Å². The summed E-state index contributed by atoms with van der Waals surface area (Å²) in [5.41, 5.74) is 1.54. The first kappa shape index (κ1) is 12.3. The number of anilines is 1. The second-order valence-corrected chi connectivity index (χ2v) is 3.89. The van der Waals surface area contributed by atoms with Crippen molar-refractivity contribution >= 4 is 5.95 Å². The molecule has 0 amide bonds. The fourth-order valence-corrected chi connectivity index (χ4v) is 1.76. The van der Waals surface area contributed by atoms with Crippen LogP contribution < -0.4 is 10.5 Å². The second-order valence-electron chi connectivity index (χ2n) is 3.89. The molecule has 5 nitrogen and oxygen atoms in total. The van der Waals surface area contributed by atoms with Crippen LogP contribution in [0, 0.1) is 0 Å². The van der Waals surface area contributed by atoms with Crippen LogP contribution in [0.4, 0.5) is 5.95 Å². The fourth-order valence-electron chi connectivity index (χ4n) is 1.76. The van der Waals surface area contributed by atoms with Gasteiger partial charge in [-0.05, 0) is 25.5 Å². The molecule has 0 bridgehead atoms. The Morgan fingerprint density at radius 2 is 1.83 bits per heavy atom. The largest absolute Gasteiger partial charge is 0.341 e. The Morgan fingerprint density at radius 1 is 1.17 bits per heavy atom. The molecular weight excluding hydrogens is 228 g/mol. The summed E-state index contributed by atoms with van der Waals surface area (Å²) < 4.78 is 0. The molecule has 0 aliphatic carbocycles. The van der Waals surface area contributed by atoms with Crippen molar-refractivity contribution in [1.29, 1.82) is 0 Å². The van der Waals surface area contributed by atoms with E-state index in [1.807, 2.05) is 6.07 Å². The van der Waals surface area contributed by atoms with Crippen LogP contribution in [0.15, 0.2) is 35.5 Å². The van der Waals surface area contributed by atoms with E-state index in [1.165, 1.54) is 6.07 Å². The van der Waals surface area contributed by atoms with Gasteiger partial charge >= 0.3 is 0 Å². The number of hydrogen-bond donors (Lipinski definition) is 1. The van der Waals surface area contributed by atoms with Crippen LogP contribution in [0.25, 0.3) is 11.1 Å². The van der Waals surface area contributed by atoms with Crippen LogP contribution in [-0.2, 0) is 0 Å². The topological polar surface area (TPSA) is 61.9 Å². The predicted octanol–water partition coefficient (Wildman–Crippen LogP) is 1.68. The lowest BCUT2D eigenvalue weighted by Gasteiger charge is -2.18. The zero-order valence-corrected chi connectivity index (χ0v) is 10.6. The molecule has 18 heavy (non-hydrogen) atoms. The quantitative estimate of drug-likeness (QED) is 0.888. The Balaban J connectivity index is 2.30. The minimum absolute atomic E-state index is 0.125. The highest BCUT2D eigenvalue weighted by Gasteiger charge is 2.05. The summed E-state index contributed by atoms with van der Waals surface area (Å²) in [7, 11) is 0. The highest BCUT2D eigenvalue weighted by molar-refractivity contribution is 5.61. The van der Waals surface area contributed by atoms with Gasteiger partial charge in [0, 0.05) is 43.3 Å². The van der Waals surface area contributed by atoms with E-state index >= 15 is 0 Å². The lowest BCUT2D eigenvalue weighted by atomic mass is 10.1. The summed E-state index contributed by atoms with van der Waals surface area (Å²) in [6, 6.07) is 3.37. The van der Waals surface area contributed by atoms with Crippen LogP contribution in [0.2, 0.25) is 0 Å². The molecule has 0 saturated carbocycles. The van der Waals surface area contributed by atoms with Gasteiger partial charge < -0.3 is 9.88 Å². The molecule has 94 valence electrons. The maximum atomic E-state index is 11.2. The summed E-state index contributed by atoms with van der Waals surface area (Å²) >= 11 is 0. The number of nitrogens with zero attached hydrogens (tertiary/aromatic N) is 3. The van der Waals surface area contributed by atoms with Crippen LogP contribution in [-0.4, -0.2) is 28.0 Å². The third-order valence-corrected chi connectivity index (χ3v) is 2.79. The summed E-state index contributed by atoms with van der Waals surface area (Å²) in [6.45, 7) is 5.89. The molecule has 2 rings (SSSR count). The van der Waals surface area contributed by atoms with Crippen molar-refractivity contribution in [2.45, 2.75) is 13.8 Å². The van der Waals surface area contributed by atoms with E-state index in [0.29, 0.717) is 5.95 Å². The Morgan fingerprint density at radius 3 is 2.39 bits per heavy atom. The minimum Gasteiger partial charge on any atom is -0.341 e. The monoisotopic (exact) mass is 244 g/mol. The first-order valence-corrected chi connectivity index (χ1v) is 6.00. The minimum atomic E-state index is -0.125. The zero-order valence-electron chi connectivity index (χ0n) is 10.6. The second kappa shape index (κ2) is 5.44. The molecule has 0 aromatic carbocycles. The molecule has 0 atom stereocenters. The number of H-pyrrole nitrogens is 1. The Hall–Kier alpha value is -2.17. The molecule has 2 aromatic heterocycles. The fraction of sp³-hybridized carbons (Fsp3) is 0.308. The van der Waals surface area contributed by atoms with Gasteiger partial charge in [-0.3, -0.25) is 4.79 Å². The van der Waals surface area contributed by atoms with Gasteiger partial charge in [-0.15, -0.1) is 0 Å². The SMILES string of the molecule is CCN(CC)c1ncc(-c2cc[nH]c(=O)c2)cn1. The Bertz CT molecular complexity index is 558. The third kappa shape index (κ3) is 2.56. The van der Waals surface area contributed by atoms with Crippen molar-refractivity contribution < 1.29 is 0 Å². The van der Waals surface area contributed by atoms with Crippen molar-refractivity contribution in [2.75, 3.05) is 18.0 Å². The summed E-state index contributed by atoms with van der Waals surface area (Å²) in [6.07, 6.45) is 5.11. The van der Waals surface area contributed by atoms with Gasteiger partial charge in [-0.25, -0.2) is 9.97 Å². The summed E-state index contributed by atoms with van der Waals surface area (Å²) in [5, 5.41) is 0. The Kier molecular flexibility index (Phi) is 3.72. The van der Waals surface area contributed by atoms with E-state index in [9.17, 15) is 4.79 Å². The highest BCUT2D eigenvalue weighted by atomic mass is 16.1. The van der Waals surface area contributed by atoms with E-state index in [4.69, 9.17) is 0 Å². The van der Waals surface area contributed by atoms with Gasteiger partial charge in [0.2, 0.25) is 11.5 Å². The van der Waals surface area contributed by atoms with Crippen LogP contribution in [0.1, 0.15) is 13.8 Å². The number of aromatic nitrogens is 3. The van der Waals surface area contributed by atoms with E-state index in [-0.39, 0.29) is 5.56 Å². The van der Waals surface area contributed by atoms with Gasteiger partial charge in [0.1, 0.15) is 0 Å². The molecule has 2 heterocycles. The number of aromatic amines is 1. The molecule has 0 aliphatic rings. The number of nitrogens with one attached hydrogen (secondary N) is 1. The lowest BCUT2D eigenvalue weighted by molar-refractivity contribution is 0.821. The standard InChI is InChI=1S/C13H16N4O/c1-3-17(4-2)13-15-8-11(9-16-13)10-5-6-14-12(18)7-10/h5-9H,3-4H2,1-2H3,(H,14,18). The first-order chi connectivity index (χ1) is 8.74. The van der Waals surface area contributed by atoms with Crippen LogP contribution in [0.5, 0.6) is 0 Å². The lowest BCUT2D eigenvalue weighted by Crippen LogP contribution is -2.23. The smallest absolute Gasteiger partial charge is 0.248 e. The summed E-state index contributed by atoms with van der Waals surface area (Å²) in [5.74, 6) is 0.716. The molecular formula is C13H16N4O. The molecule has 0 saturated heterocycles. The van der Waals surface area contributed by atoms with Crippen molar-refractivity contribution in [3.63, 3.8) is 0 Å². The van der Waals surface area contributed by atoms with E-state index < -0.39 is 0 Å². The number of rotatable bonds is 4.